The lowest BCUT2D eigenvalue weighted by atomic mass is 10.1. The Morgan fingerprint density at radius 1 is 1.33 bits per heavy atom. The first-order chi connectivity index (χ1) is 7.16. The molecule has 0 saturated heterocycles. The Morgan fingerprint density at radius 3 is 2.53 bits per heavy atom. The van der Waals surface area contributed by atoms with Crippen LogP contribution in [0.5, 0.6) is 0 Å². The van der Waals surface area contributed by atoms with Crippen molar-refractivity contribution in [3.8, 4) is 0 Å². The molecule has 5 heteroatoms. The quantitative estimate of drug-likeness (QED) is 0.659. The number of hydrogen-bond acceptors (Lipinski definition) is 3. The molecule has 1 aromatic carbocycles. The van der Waals surface area contributed by atoms with Crippen molar-refractivity contribution in [3.05, 3.63) is 41.2 Å². The van der Waals surface area contributed by atoms with Gasteiger partial charge in [-0.1, -0.05) is 12.1 Å². The van der Waals surface area contributed by atoms with Crippen LogP contribution in [0.4, 0.5) is 4.39 Å². The highest BCUT2D eigenvalue weighted by atomic mass is 19.1. The molecule has 4 nitrogen and oxygen atoms in total. The van der Waals surface area contributed by atoms with Crippen LogP contribution in [-0.2, 0) is 4.79 Å². The summed E-state index contributed by atoms with van der Waals surface area (Å²) in [5.74, 6) is -0.532. The summed E-state index contributed by atoms with van der Waals surface area (Å²) in [5, 5.41) is 3.56. The molecule has 1 heterocycles. The van der Waals surface area contributed by atoms with Gasteiger partial charge in [0.1, 0.15) is 5.82 Å². The van der Waals surface area contributed by atoms with Crippen LogP contribution in [-0.4, -0.2) is 11.7 Å². The number of hydrazone groups is 1. The second-order valence-electron chi connectivity index (χ2n) is 3.05. The number of benzene rings is 1. The van der Waals surface area contributed by atoms with Gasteiger partial charge in [0.2, 0.25) is 0 Å². The predicted octanol–water partition coefficient (Wildman–Crippen LogP) is 0.611. The molecule has 2 rings (SSSR count). The van der Waals surface area contributed by atoms with Crippen molar-refractivity contribution in [3.63, 3.8) is 0 Å². The third-order valence-corrected chi connectivity index (χ3v) is 1.98. The van der Waals surface area contributed by atoms with Gasteiger partial charge in [-0.05, 0) is 23.8 Å². The van der Waals surface area contributed by atoms with Gasteiger partial charge >= 0.3 is 0 Å². The van der Waals surface area contributed by atoms with Crippen molar-refractivity contribution in [1.82, 2.24) is 5.43 Å². The van der Waals surface area contributed by atoms with Crippen molar-refractivity contribution in [2.75, 3.05) is 0 Å². The molecule has 1 aliphatic rings. The van der Waals surface area contributed by atoms with Crippen LogP contribution in [0, 0.1) is 5.82 Å². The number of amides is 1. The summed E-state index contributed by atoms with van der Waals surface area (Å²) in [7, 11) is 0. The van der Waals surface area contributed by atoms with E-state index in [1.54, 1.807) is 18.2 Å². The summed E-state index contributed by atoms with van der Waals surface area (Å²) in [6, 6.07) is 5.74. The van der Waals surface area contributed by atoms with Crippen molar-refractivity contribution in [1.29, 1.82) is 0 Å². The fraction of sp³-hybridized carbons (Fsp3) is 0. The monoisotopic (exact) mass is 205 g/mol. The Hall–Kier alpha value is -2.17. The maximum absolute atomic E-state index is 12.6. The normalized spacial score (nSPS) is 17.8. The van der Waals surface area contributed by atoms with Gasteiger partial charge in [-0.3, -0.25) is 4.79 Å². The predicted molar refractivity (Wildman–Crippen MR) is 54.1 cm³/mol. The number of hydrogen-bond donors (Lipinski definition) is 2. The first-order valence-corrected chi connectivity index (χ1v) is 4.28. The first kappa shape index (κ1) is 9.39. The van der Waals surface area contributed by atoms with Gasteiger partial charge in [-0.25, -0.2) is 9.82 Å². The maximum atomic E-state index is 12.6. The lowest BCUT2D eigenvalue weighted by Crippen LogP contribution is -2.16. The van der Waals surface area contributed by atoms with Crippen molar-refractivity contribution in [2.24, 2.45) is 10.8 Å². The molecular weight excluding hydrogens is 197 g/mol. The molecule has 0 spiro atoms. The van der Waals surface area contributed by atoms with Gasteiger partial charge in [0.05, 0.1) is 5.57 Å². The highest BCUT2D eigenvalue weighted by molar-refractivity contribution is 6.26. The number of halogens is 1. The van der Waals surface area contributed by atoms with Gasteiger partial charge in [0.15, 0.2) is 5.84 Å². The largest absolute Gasteiger partial charge is 0.382 e. The molecule has 1 amide bonds. The molecule has 0 saturated carbocycles. The number of nitrogens with two attached hydrogens (primary N) is 1. The Balaban J connectivity index is 2.34. The summed E-state index contributed by atoms with van der Waals surface area (Å²) in [6.07, 6.45) is 1.56. The molecule has 1 aromatic rings. The van der Waals surface area contributed by atoms with Crippen LogP contribution >= 0.6 is 0 Å². The van der Waals surface area contributed by atoms with Gasteiger partial charge in [-0.15, -0.1) is 0 Å². The van der Waals surface area contributed by atoms with E-state index in [0.29, 0.717) is 11.1 Å². The zero-order valence-corrected chi connectivity index (χ0v) is 7.70. The summed E-state index contributed by atoms with van der Waals surface area (Å²) >= 11 is 0. The number of carbonyl (C=O) groups is 1. The average Bonchev–Trinajstić information content (AvgIpc) is 2.53. The van der Waals surface area contributed by atoms with E-state index in [1.165, 1.54) is 12.1 Å². The Bertz CT molecular complexity index is 462. The van der Waals surface area contributed by atoms with Crippen molar-refractivity contribution < 1.29 is 9.18 Å². The van der Waals surface area contributed by atoms with Crippen LogP contribution in [0.1, 0.15) is 5.56 Å². The fourth-order valence-electron chi connectivity index (χ4n) is 1.21. The van der Waals surface area contributed by atoms with E-state index in [2.05, 4.69) is 10.5 Å². The Kier molecular flexibility index (Phi) is 2.21. The SMILES string of the molecule is NC1=NNC(=O)/C1=C/c1ccc(F)cc1. The lowest BCUT2D eigenvalue weighted by molar-refractivity contribution is -0.116. The van der Waals surface area contributed by atoms with Crippen LogP contribution in [0.25, 0.3) is 6.08 Å². The molecule has 1 aliphatic heterocycles. The van der Waals surface area contributed by atoms with Crippen molar-refractivity contribution >= 4 is 17.8 Å². The van der Waals surface area contributed by atoms with Crippen LogP contribution in [0.2, 0.25) is 0 Å². The second-order valence-corrected chi connectivity index (χ2v) is 3.05. The zero-order chi connectivity index (χ0) is 10.8. The van der Waals surface area contributed by atoms with E-state index < -0.39 is 0 Å². The van der Waals surface area contributed by atoms with Gasteiger partial charge < -0.3 is 5.73 Å². The fourth-order valence-corrected chi connectivity index (χ4v) is 1.21. The topological polar surface area (TPSA) is 67.5 Å². The average molecular weight is 205 g/mol. The minimum Gasteiger partial charge on any atom is -0.382 e. The van der Waals surface area contributed by atoms with Gasteiger partial charge in [-0.2, -0.15) is 5.10 Å². The van der Waals surface area contributed by atoms with E-state index in [1.807, 2.05) is 0 Å². The molecule has 0 aromatic heterocycles. The van der Waals surface area contributed by atoms with E-state index in [-0.39, 0.29) is 17.6 Å². The third kappa shape index (κ3) is 1.85. The molecular formula is C10H8FN3O. The first-order valence-electron chi connectivity index (χ1n) is 4.28. The number of nitrogens with one attached hydrogen (secondary N) is 1. The summed E-state index contributed by atoms with van der Waals surface area (Å²) in [6.45, 7) is 0. The maximum Gasteiger partial charge on any atom is 0.275 e. The van der Waals surface area contributed by atoms with Crippen LogP contribution in [0.3, 0.4) is 0 Å². The number of carbonyl (C=O) groups excluding carboxylic acids is 1. The molecule has 0 bridgehead atoms. The van der Waals surface area contributed by atoms with Crippen LogP contribution < -0.4 is 11.2 Å². The Labute approximate surface area is 85.3 Å². The van der Waals surface area contributed by atoms with Crippen molar-refractivity contribution in [2.45, 2.75) is 0 Å². The minimum absolute atomic E-state index is 0.143. The second kappa shape index (κ2) is 3.53. The third-order valence-electron chi connectivity index (χ3n) is 1.98. The highest BCUT2D eigenvalue weighted by Crippen LogP contribution is 2.10. The zero-order valence-electron chi connectivity index (χ0n) is 7.70. The number of amidine groups is 1. The molecule has 3 N–H and O–H groups in total. The molecule has 0 fully saturated rings. The molecule has 15 heavy (non-hydrogen) atoms. The van der Waals surface area contributed by atoms with E-state index in [4.69, 9.17) is 5.73 Å². The van der Waals surface area contributed by atoms with Crippen LogP contribution in [0.15, 0.2) is 34.9 Å². The van der Waals surface area contributed by atoms with Gasteiger partial charge in [0, 0.05) is 0 Å². The van der Waals surface area contributed by atoms with E-state index in [0.717, 1.165) is 0 Å². The minimum atomic E-state index is -0.350. The molecule has 0 aliphatic carbocycles. The molecule has 0 radical (unpaired) electrons. The van der Waals surface area contributed by atoms with E-state index >= 15 is 0 Å². The Morgan fingerprint density at radius 2 is 2.00 bits per heavy atom. The highest BCUT2D eigenvalue weighted by Gasteiger charge is 2.19. The van der Waals surface area contributed by atoms with Gasteiger partial charge in [0.25, 0.3) is 5.91 Å². The summed E-state index contributed by atoms with van der Waals surface area (Å²) < 4.78 is 12.6. The molecule has 0 unspecified atom stereocenters. The molecule has 0 atom stereocenters. The lowest BCUT2D eigenvalue weighted by Gasteiger charge is -1.96. The number of nitrogens with zero attached hydrogens (tertiary/aromatic N) is 1. The standard InChI is InChI=1S/C10H8FN3O/c11-7-3-1-6(2-4-7)5-8-9(12)13-14-10(8)15/h1-5H,(H2,12,13)(H,14,15)/b8-5+. The summed E-state index contributed by atoms with van der Waals surface area (Å²) in [4.78, 5) is 11.2. The molecule has 76 valence electrons. The summed E-state index contributed by atoms with van der Waals surface area (Å²) in [5.41, 5.74) is 8.69. The number of rotatable bonds is 1. The van der Waals surface area contributed by atoms with E-state index in [9.17, 15) is 9.18 Å². The smallest absolute Gasteiger partial charge is 0.275 e.